The van der Waals surface area contributed by atoms with Crippen LogP contribution >= 0.6 is 0 Å². The van der Waals surface area contributed by atoms with Gasteiger partial charge >= 0.3 is 6.18 Å². The normalized spacial score (nSPS) is 28.6. The highest BCUT2D eigenvalue weighted by atomic mass is 19.4. The average Bonchev–Trinajstić information content (AvgIpc) is 2.06. The molecule has 0 aromatic rings. The monoisotopic (exact) mass is 227 g/mol. The third kappa shape index (κ3) is 3.96. The van der Waals surface area contributed by atoms with Gasteiger partial charge in [0.1, 0.15) is 0 Å². The summed E-state index contributed by atoms with van der Waals surface area (Å²) in [5, 5.41) is 11.4. The summed E-state index contributed by atoms with van der Waals surface area (Å²) in [5.41, 5.74) is 0. The van der Waals surface area contributed by atoms with Crippen LogP contribution in [0, 0.1) is 0 Å². The van der Waals surface area contributed by atoms with Gasteiger partial charge in [-0.15, -0.1) is 0 Å². The van der Waals surface area contributed by atoms with Crippen LogP contribution in [0.1, 0.15) is 19.8 Å². The number of alkyl halides is 3. The van der Waals surface area contributed by atoms with Crippen LogP contribution in [0.3, 0.4) is 0 Å². The minimum absolute atomic E-state index is 0.0403. The van der Waals surface area contributed by atoms with Crippen molar-refractivity contribution in [3.8, 4) is 0 Å². The van der Waals surface area contributed by atoms with E-state index in [1.165, 1.54) is 0 Å². The van der Waals surface area contributed by atoms with E-state index in [0.29, 0.717) is 6.61 Å². The zero-order valence-electron chi connectivity index (χ0n) is 8.55. The Balaban J connectivity index is 2.08. The van der Waals surface area contributed by atoms with E-state index in [-0.39, 0.29) is 12.1 Å². The van der Waals surface area contributed by atoms with Crippen LogP contribution in [0.25, 0.3) is 0 Å². The van der Waals surface area contributed by atoms with Crippen LogP contribution in [0.5, 0.6) is 0 Å². The van der Waals surface area contributed by atoms with E-state index in [1.807, 2.05) is 6.92 Å². The van der Waals surface area contributed by atoms with Crippen molar-refractivity contribution in [3.63, 3.8) is 0 Å². The fraction of sp³-hybridized carbons (Fsp3) is 1.00. The van der Waals surface area contributed by atoms with Crippen molar-refractivity contribution in [2.24, 2.45) is 0 Å². The molecule has 6 heteroatoms. The summed E-state index contributed by atoms with van der Waals surface area (Å²) in [5.74, 6) is 0. The van der Waals surface area contributed by atoms with Gasteiger partial charge in [0, 0.05) is 19.2 Å². The number of hydrogen-bond acceptors (Lipinski definition) is 3. The number of halogens is 3. The number of aliphatic hydroxyl groups excluding tert-OH is 1. The molecule has 2 N–H and O–H groups in total. The summed E-state index contributed by atoms with van der Waals surface area (Å²) in [4.78, 5) is 0. The molecule has 90 valence electrons. The molecule has 1 rings (SSSR count). The molecule has 0 aliphatic heterocycles. The van der Waals surface area contributed by atoms with Crippen molar-refractivity contribution in [3.05, 3.63) is 0 Å². The highest BCUT2D eigenvalue weighted by Crippen LogP contribution is 2.24. The Labute approximate surface area is 86.6 Å². The van der Waals surface area contributed by atoms with E-state index >= 15 is 0 Å². The van der Waals surface area contributed by atoms with Gasteiger partial charge in [-0.3, -0.25) is 0 Å². The molecular weight excluding hydrogens is 211 g/mol. The molecular formula is C9H16F3NO2. The zero-order chi connectivity index (χ0) is 11.5. The fourth-order valence-electron chi connectivity index (χ4n) is 1.50. The molecule has 0 radical (unpaired) electrons. The summed E-state index contributed by atoms with van der Waals surface area (Å²) >= 11 is 0. The first kappa shape index (κ1) is 12.7. The maximum atomic E-state index is 11.9. The van der Waals surface area contributed by atoms with Crippen LogP contribution in [0.2, 0.25) is 0 Å². The number of hydrogen-bond donors (Lipinski definition) is 2. The lowest BCUT2D eigenvalue weighted by Gasteiger charge is -2.36. The predicted octanol–water partition coefficient (Wildman–Crippen LogP) is 1.07. The van der Waals surface area contributed by atoms with Gasteiger partial charge in [0.2, 0.25) is 0 Å². The molecule has 0 spiro atoms. The molecule has 0 amide bonds. The number of nitrogens with one attached hydrogen (secondary N) is 1. The van der Waals surface area contributed by atoms with Gasteiger partial charge in [-0.05, 0) is 19.8 Å². The fourth-order valence-corrected chi connectivity index (χ4v) is 1.50. The minimum Gasteiger partial charge on any atom is -0.382 e. The van der Waals surface area contributed by atoms with Gasteiger partial charge in [-0.1, -0.05) is 0 Å². The Morgan fingerprint density at radius 2 is 2.07 bits per heavy atom. The van der Waals surface area contributed by atoms with Crippen LogP contribution in [0.4, 0.5) is 13.2 Å². The lowest BCUT2D eigenvalue weighted by molar-refractivity contribution is -0.202. The molecule has 1 fully saturated rings. The minimum atomic E-state index is -4.53. The molecule has 1 atom stereocenters. The van der Waals surface area contributed by atoms with Gasteiger partial charge in [-0.2, -0.15) is 13.2 Å². The topological polar surface area (TPSA) is 41.5 Å². The quantitative estimate of drug-likeness (QED) is 0.738. The van der Waals surface area contributed by atoms with E-state index in [4.69, 9.17) is 9.84 Å². The molecule has 3 nitrogen and oxygen atoms in total. The maximum Gasteiger partial charge on any atom is 0.415 e. The molecule has 0 aromatic heterocycles. The van der Waals surface area contributed by atoms with Crippen molar-refractivity contribution < 1.29 is 23.0 Å². The third-order valence-electron chi connectivity index (χ3n) is 2.47. The van der Waals surface area contributed by atoms with Gasteiger partial charge in [-0.25, -0.2) is 0 Å². The van der Waals surface area contributed by atoms with E-state index in [9.17, 15) is 13.2 Å². The van der Waals surface area contributed by atoms with Crippen LogP contribution in [-0.2, 0) is 4.74 Å². The Kier molecular flexibility index (Phi) is 4.36. The van der Waals surface area contributed by atoms with Gasteiger partial charge < -0.3 is 15.2 Å². The van der Waals surface area contributed by atoms with Crippen molar-refractivity contribution >= 4 is 0 Å². The molecule has 1 saturated carbocycles. The predicted molar refractivity (Wildman–Crippen MR) is 48.5 cm³/mol. The summed E-state index contributed by atoms with van der Waals surface area (Å²) in [6.07, 6.45) is -5.20. The number of aliphatic hydroxyl groups is 1. The van der Waals surface area contributed by atoms with Crippen LogP contribution in [-0.4, -0.2) is 42.7 Å². The molecule has 1 aliphatic rings. The van der Waals surface area contributed by atoms with Gasteiger partial charge in [0.25, 0.3) is 0 Å². The first-order chi connectivity index (χ1) is 6.93. The first-order valence-corrected chi connectivity index (χ1v) is 5.03. The second-order valence-electron chi connectivity index (χ2n) is 3.71. The molecule has 0 heterocycles. The molecule has 1 aliphatic carbocycles. The van der Waals surface area contributed by atoms with Gasteiger partial charge in [0.15, 0.2) is 6.10 Å². The van der Waals surface area contributed by atoms with Crippen molar-refractivity contribution in [2.45, 2.75) is 44.2 Å². The van der Waals surface area contributed by atoms with E-state index < -0.39 is 18.8 Å². The largest absolute Gasteiger partial charge is 0.415 e. The molecule has 0 bridgehead atoms. The second kappa shape index (κ2) is 5.14. The third-order valence-corrected chi connectivity index (χ3v) is 2.47. The molecule has 0 aromatic carbocycles. The Morgan fingerprint density at radius 1 is 1.47 bits per heavy atom. The van der Waals surface area contributed by atoms with E-state index in [1.54, 1.807) is 0 Å². The standard InChI is InChI=1S/C9H16F3NO2/c1-2-15-7-3-6(4-7)13-5-8(14)9(10,11)12/h6-8,13-14H,2-5H2,1H3. The first-order valence-electron chi connectivity index (χ1n) is 5.03. The van der Waals surface area contributed by atoms with Crippen molar-refractivity contribution in [1.29, 1.82) is 0 Å². The average molecular weight is 227 g/mol. The Bertz CT molecular complexity index is 192. The van der Waals surface area contributed by atoms with Crippen molar-refractivity contribution in [1.82, 2.24) is 5.32 Å². The number of rotatable bonds is 5. The van der Waals surface area contributed by atoms with Crippen LogP contribution in [0.15, 0.2) is 0 Å². The highest BCUT2D eigenvalue weighted by molar-refractivity contribution is 4.87. The summed E-state index contributed by atoms with van der Waals surface area (Å²) < 4.78 is 41.0. The lowest BCUT2D eigenvalue weighted by atomic mass is 9.89. The van der Waals surface area contributed by atoms with Crippen LogP contribution < -0.4 is 5.32 Å². The van der Waals surface area contributed by atoms with Crippen molar-refractivity contribution in [2.75, 3.05) is 13.2 Å². The van der Waals surface area contributed by atoms with Gasteiger partial charge in [0.05, 0.1) is 6.10 Å². The lowest BCUT2D eigenvalue weighted by Crippen LogP contribution is -2.49. The zero-order valence-corrected chi connectivity index (χ0v) is 8.55. The molecule has 1 unspecified atom stereocenters. The Morgan fingerprint density at radius 3 is 2.53 bits per heavy atom. The molecule has 15 heavy (non-hydrogen) atoms. The summed E-state index contributed by atoms with van der Waals surface area (Å²) in [6.45, 7) is 2.07. The second-order valence-corrected chi connectivity index (χ2v) is 3.71. The highest BCUT2D eigenvalue weighted by Gasteiger charge is 2.39. The SMILES string of the molecule is CCOC1CC(NCC(O)C(F)(F)F)C1. The van der Waals surface area contributed by atoms with E-state index in [2.05, 4.69) is 5.32 Å². The number of ether oxygens (including phenoxy) is 1. The maximum absolute atomic E-state index is 11.9. The summed E-state index contributed by atoms with van der Waals surface area (Å²) in [7, 11) is 0. The Hall–Kier alpha value is -0.330. The molecule has 0 saturated heterocycles. The van der Waals surface area contributed by atoms with E-state index in [0.717, 1.165) is 12.8 Å². The summed E-state index contributed by atoms with van der Waals surface area (Å²) in [6, 6.07) is 0.0403. The smallest absolute Gasteiger partial charge is 0.382 e.